The topological polar surface area (TPSA) is 57.6 Å². The number of hydrogen-bond donors (Lipinski definition) is 1. The van der Waals surface area contributed by atoms with Crippen molar-refractivity contribution in [3.63, 3.8) is 0 Å². The molecule has 4 nitrogen and oxygen atoms in total. The van der Waals surface area contributed by atoms with Gasteiger partial charge in [0.25, 0.3) is 5.91 Å². The lowest BCUT2D eigenvalue weighted by Gasteiger charge is -2.34. The molecule has 0 saturated heterocycles. The van der Waals surface area contributed by atoms with Crippen LogP contribution in [0.15, 0.2) is 24.3 Å². The van der Waals surface area contributed by atoms with E-state index in [9.17, 15) is 14.7 Å². The Balaban J connectivity index is 3.08. The number of amides is 1. The van der Waals surface area contributed by atoms with Crippen LogP contribution in [0.3, 0.4) is 0 Å². The van der Waals surface area contributed by atoms with Crippen LogP contribution in [-0.2, 0) is 10.5 Å². The highest BCUT2D eigenvalue weighted by Crippen LogP contribution is 2.19. The van der Waals surface area contributed by atoms with Crippen LogP contribution in [0.4, 0.5) is 0 Å². The van der Waals surface area contributed by atoms with Crippen LogP contribution in [0.5, 0.6) is 0 Å². The van der Waals surface area contributed by atoms with Gasteiger partial charge >= 0.3 is 5.97 Å². The Bertz CT molecular complexity index is 500. The van der Waals surface area contributed by atoms with Crippen molar-refractivity contribution in [3.05, 3.63) is 35.4 Å². The van der Waals surface area contributed by atoms with Crippen molar-refractivity contribution in [3.8, 4) is 0 Å². The summed E-state index contributed by atoms with van der Waals surface area (Å²) in [7, 11) is 0. The third-order valence-electron chi connectivity index (χ3n) is 3.24. The normalized spacial score (nSPS) is 11.2. The smallest absolute Gasteiger partial charge is 0.329 e. The van der Waals surface area contributed by atoms with E-state index in [4.69, 9.17) is 0 Å². The van der Waals surface area contributed by atoms with Gasteiger partial charge in [0, 0.05) is 17.9 Å². The van der Waals surface area contributed by atoms with Gasteiger partial charge in [0.2, 0.25) is 0 Å². The number of carbonyl (C=O) groups is 2. The molecule has 1 aromatic rings. The maximum absolute atomic E-state index is 12.5. The molecule has 110 valence electrons. The van der Waals surface area contributed by atoms with Gasteiger partial charge in [-0.2, -0.15) is 11.8 Å². The SMILES string of the molecule is CCN(C(=O)c1cccc(CSC)c1)C(C)(C)C(=O)O. The number of benzene rings is 1. The summed E-state index contributed by atoms with van der Waals surface area (Å²) in [4.78, 5) is 25.3. The van der Waals surface area contributed by atoms with E-state index in [-0.39, 0.29) is 5.91 Å². The molecule has 1 amide bonds. The molecule has 0 aliphatic heterocycles. The number of aliphatic carboxylic acids is 1. The summed E-state index contributed by atoms with van der Waals surface area (Å²) in [5.74, 6) is -0.425. The Morgan fingerprint density at radius 2 is 2.00 bits per heavy atom. The van der Waals surface area contributed by atoms with Crippen LogP contribution in [0.25, 0.3) is 0 Å². The van der Waals surface area contributed by atoms with Gasteiger partial charge in [0.05, 0.1) is 0 Å². The molecule has 0 aliphatic carbocycles. The predicted molar refractivity (Wildman–Crippen MR) is 82.1 cm³/mol. The lowest BCUT2D eigenvalue weighted by Crippen LogP contribution is -2.52. The highest BCUT2D eigenvalue weighted by molar-refractivity contribution is 7.97. The van der Waals surface area contributed by atoms with Gasteiger partial charge in [-0.15, -0.1) is 0 Å². The average Bonchev–Trinajstić information content (AvgIpc) is 2.39. The zero-order valence-corrected chi connectivity index (χ0v) is 13.2. The Morgan fingerprint density at radius 1 is 1.35 bits per heavy atom. The Labute approximate surface area is 124 Å². The van der Waals surface area contributed by atoms with Crippen LogP contribution < -0.4 is 0 Å². The maximum Gasteiger partial charge on any atom is 0.329 e. The number of carboxylic acids is 1. The first kappa shape index (κ1) is 16.6. The molecule has 5 heteroatoms. The van der Waals surface area contributed by atoms with E-state index in [0.29, 0.717) is 12.1 Å². The first-order valence-corrected chi connectivity index (χ1v) is 7.87. The third-order valence-corrected chi connectivity index (χ3v) is 3.87. The Morgan fingerprint density at radius 3 is 2.50 bits per heavy atom. The molecule has 0 fully saturated rings. The van der Waals surface area contributed by atoms with E-state index in [2.05, 4.69) is 0 Å². The summed E-state index contributed by atoms with van der Waals surface area (Å²) >= 11 is 1.68. The minimum atomic E-state index is -1.22. The number of carboxylic acid groups (broad SMARTS) is 1. The molecule has 1 aromatic carbocycles. The van der Waals surface area contributed by atoms with Crippen LogP contribution >= 0.6 is 11.8 Å². The molecule has 0 saturated carbocycles. The second-order valence-electron chi connectivity index (χ2n) is 5.05. The summed E-state index contributed by atoms with van der Waals surface area (Å²) in [6.45, 7) is 5.23. The monoisotopic (exact) mass is 295 g/mol. The molecular formula is C15H21NO3S. The largest absolute Gasteiger partial charge is 0.480 e. The van der Waals surface area contributed by atoms with E-state index in [1.54, 1.807) is 38.6 Å². The van der Waals surface area contributed by atoms with Crippen molar-refractivity contribution in [1.82, 2.24) is 4.90 Å². The van der Waals surface area contributed by atoms with Gasteiger partial charge in [-0.1, -0.05) is 12.1 Å². The molecule has 0 aromatic heterocycles. The van der Waals surface area contributed by atoms with Crippen LogP contribution in [0.2, 0.25) is 0 Å². The van der Waals surface area contributed by atoms with Crippen LogP contribution in [-0.4, -0.2) is 40.2 Å². The van der Waals surface area contributed by atoms with Crippen LogP contribution in [0, 0.1) is 0 Å². The zero-order valence-electron chi connectivity index (χ0n) is 12.3. The van der Waals surface area contributed by atoms with Crippen molar-refractivity contribution < 1.29 is 14.7 Å². The molecule has 1 rings (SSSR count). The molecule has 0 bridgehead atoms. The average molecular weight is 295 g/mol. The van der Waals surface area contributed by atoms with Gasteiger partial charge in [-0.25, -0.2) is 4.79 Å². The van der Waals surface area contributed by atoms with Gasteiger partial charge in [0.1, 0.15) is 5.54 Å². The van der Waals surface area contributed by atoms with E-state index in [1.807, 2.05) is 24.5 Å². The highest BCUT2D eigenvalue weighted by atomic mass is 32.2. The van der Waals surface area contributed by atoms with Crippen LogP contribution in [0.1, 0.15) is 36.7 Å². The molecule has 0 unspecified atom stereocenters. The van der Waals surface area contributed by atoms with E-state index < -0.39 is 11.5 Å². The molecule has 1 N–H and O–H groups in total. The Hall–Kier alpha value is -1.49. The fourth-order valence-corrected chi connectivity index (χ4v) is 2.54. The number of rotatable bonds is 6. The highest BCUT2D eigenvalue weighted by Gasteiger charge is 2.37. The lowest BCUT2D eigenvalue weighted by molar-refractivity contribution is -0.147. The number of hydrogen-bond acceptors (Lipinski definition) is 3. The van der Waals surface area contributed by atoms with Gasteiger partial charge in [-0.3, -0.25) is 4.79 Å². The minimum Gasteiger partial charge on any atom is -0.480 e. The molecular weight excluding hydrogens is 274 g/mol. The molecule has 0 spiro atoms. The van der Waals surface area contributed by atoms with Gasteiger partial charge < -0.3 is 10.0 Å². The second kappa shape index (κ2) is 6.79. The number of nitrogens with zero attached hydrogens (tertiary/aromatic N) is 1. The first-order valence-electron chi connectivity index (χ1n) is 6.47. The van der Waals surface area contributed by atoms with E-state index >= 15 is 0 Å². The first-order chi connectivity index (χ1) is 9.34. The fourth-order valence-electron chi connectivity index (χ4n) is 2.02. The molecule has 0 atom stereocenters. The third kappa shape index (κ3) is 3.54. The second-order valence-corrected chi connectivity index (χ2v) is 5.91. The summed E-state index contributed by atoms with van der Waals surface area (Å²) in [6.07, 6.45) is 2.00. The number of likely N-dealkylation sites (N-methyl/N-ethyl adjacent to an activating group) is 1. The van der Waals surface area contributed by atoms with Crippen molar-refractivity contribution in [2.45, 2.75) is 32.1 Å². The van der Waals surface area contributed by atoms with E-state index in [1.165, 1.54) is 4.90 Å². The van der Waals surface area contributed by atoms with Crippen molar-refractivity contribution in [2.75, 3.05) is 12.8 Å². The summed E-state index contributed by atoms with van der Waals surface area (Å²) in [5, 5.41) is 9.28. The molecule has 0 heterocycles. The maximum atomic E-state index is 12.5. The van der Waals surface area contributed by atoms with E-state index in [0.717, 1.165) is 11.3 Å². The molecule has 0 radical (unpaired) electrons. The van der Waals surface area contributed by atoms with Gasteiger partial charge in [-0.05, 0) is 44.7 Å². The standard InChI is InChI=1S/C15H21NO3S/c1-5-16(15(2,3)14(18)19)13(17)12-8-6-7-11(9-12)10-20-4/h6-9H,5,10H2,1-4H3,(H,18,19). The summed E-state index contributed by atoms with van der Waals surface area (Å²) in [5.41, 5.74) is 0.377. The van der Waals surface area contributed by atoms with Crippen molar-refractivity contribution >= 4 is 23.6 Å². The Kier molecular flexibility index (Phi) is 5.62. The lowest BCUT2D eigenvalue weighted by atomic mass is 10.0. The number of thioether (sulfide) groups is 1. The van der Waals surface area contributed by atoms with Crippen molar-refractivity contribution in [2.24, 2.45) is 0 Å². The summed E-state index contributed by atoms with van der Waals surface area (Å²) in [6, 6.07) is 7.36. The quantitative estimate of drug-likeness (QED) is 0.876. The zero-order chi connectivity index (χ0) is 15.3. The van der Waals surface area contributed by atoms with Gasteiger partial charge in [0.15, 0.2) is 0 Å². The minimum absolute atomic E-state index is 0.247. The molecule has 20 heavy (non-hydrogen) atoms. The van der Waals surface area contributed by atoms with Crippen molar-refractivity contribution in [1.29, 1.82) is 0 Å². The molecule has 0 aliphatic rings. The predicted octanol–water partition coefficient (Wildman–Crippen LogP) is 2.87. The number of carbonyl (C=O) groups excluding carboxylic acids is 1. The fraction of sp³-hybridized carbons (Fsp3) is 0.467. The summed E-state index contributed by atoms with van der Waals surface area (Å²) < 4.78 is 0.